The van der Waals surface area contributed by atoms with Gasteiger partial charge in [-0.2, -0.15) is 0 Å². The van der Waals surface area contributed by atoms with Crippen LogP contribution in [0.15, 0.2) is 48.5 Å². The summed E-state index contributed by atoms with van der Waals surface area (Å²) in [5.74, 6) is 0.427. The zero-order chi connectivity index (χ0) is 19.9. The molecule has 0 bridgehead atoms. The highest BCUT2D eigenvalue weighted by molar-refractivity contribution is 5.91. The van der Waals surface area contributed by atoms with E-state index >= 15 is 0 Å². The molecule has 0 aliphatic heterocycles. The number of benzene rings is 2. The second-order valence-corrected chi connectivity index (χ2v) is 7.00. The molecule has 0 atom stereocenters. The van der Waals surface area contributed by atoms with Crippen molar-refractivity contribution in [1.82, 2.24) is 0 Å². The largest absolute Gasteiger partial charge is 0.484 e. The van der Waals surface area contributed by atoms with Crippen LogP contribution >= 0.6 is 0 Å². The Balaban J connectivity index is 1.80. The summed E-state index contributed by atoms with van der Waals surface area (Å²) in [6, 6.07) is 14.4. The van der Waals surface area contributed by atoms with Crippen molar-refractivity contribution in [2.24, 2.45) is 0 Å². The van der Waals surface area contributed by atoms with Crippen molar-refractivity contribution in [2.45, 2.75) is 26.2 Å². The van der Waals surface area contributed by atoms with Crippen molar-refractivity contribution in [3.05, 3.63) is 54.1 Å². The molecule has 0 heterocycles. The van der Waals surface area contributed by atoms with Gasteiger partial charge >= 0.3 is 5.97 Å². The number of amides is 1. The second-order valence-electron chi connectivity index (χ2n) is 7.00. The molecule has 2 aromatic carbocycles. The Morgan fingerprint density at radius 3 is 1.89 bits per heavy atom. The van der Waals surface area contributed by atoms with Crippen molar-refractivity contribution in [3.8, 4) is 11.5 Å². The van der Waals surface area contributed by atoms with E-state index in [2.05, 4.69) is 30.8 Å². The van der Waals surface area contributed by atoms with Crippen molar-refractivity contribution < 1.29 is 23.8 Å². The number of carbonyl (C=O) groups excluding carboxylic acids is 2. The molecule has 0 spiro atoms. The lowest BCUT2D eigenvalue weighted by Gasteiger charge is -2.19. The molecule has 1 N–H and O–H groups in total. The lowest BCUT2D eigenvalue weighted by molar-refractivity contribution is -0.142. The van der Waals surface area contributed by atoms with Crippen molar-refractivity contribution in [1.29, 1.82) is 0 Å². The molecule has 6 nitrogen and oxygen atoms in total. The van der Waals surface area contributed by atoms with E-state index in [4.69, 9.17) is 9.47 Å². The lowest BCUT2D eigenvalue weighted by atomic mass is 9.87. The van der Waals surface area contributed by atoms with Gasteiger partial charge < -0.3 is 19.5 Å². The molecule has 0 fully saturated rings. The smallest absolute Gasteiger partial charge is 0.343 e. The molecule has 6 heteroatoms. The Hall–Kier alpha value is -3.02. The maximum Gasteiger partial charge on any atom is 0.343 e. The number of hydrogen-bond acceptors (Lipinski definition) is 5. The van der Waals surface area contributed by atoms with Crippen LogP contribution in [-0.4, -0.2) is 32.2 Å². The highest BCUT2D eigenvalue weighted by atomic mass is 16.6. The maximum absolute atomic E-state index is 12.0. The molecule has 0 aromatic heterocycles. The van der Waals surface area contributed by atoms with Crippen LogP contribution in [0.3, 0.4) is 0 Å². The van der Waals surface area contributed by atoms with Crippen molar-refractivity contribution in [3.63, 3.8) is 0 Å². The maximum atomic E-state index is 12.0. The van der Waals surface area contributed by atoms with Crippen molar-refractivity contribution >= 4 is 17.6 Å². The van der Waals surface area contributed by atoms with Crippen LogP contribution in [0.2, 0.25) is 0 Å². The average Bonchev–Trinajstić information content (AvgIpc) is 2.65. The molecule has 2 rings (SSSR count). The fourth-order valence-electron chi connectivity index (χ4n) is 2.23. The lowest BCUT2D eigenvalue weighted by Crippen LogP contribution is -2.20. The first-order valence-corrected chi connectivity index (χ1v) is 8.61. The number of esters is 1. The van der Waals surface area contributed by atoms with E-state index in [1.165, 1.54) is 12.7 Å². The minimum Gasteiger partial charge on any atom is -0.484 e. The molecule has 27 heavy (non-hydrogen) atoms. The number of methoxy groups -OCH3 is 1. The van der Waals surface area contributed by atoms with Gasteiger partial charge in [0.05, 0.1) is 7.11 Å². The minimum atomic E-state index is -0.458. The number of carbonyl (C=O) groups is 2. The van der Waals surface area contributed by atoms with E-state index in [-0.39, 0.29) is 24.5 Å². The highest BCUT2D eigenvalue weighted by Gasteiger charge is 2.13. The summed E-state index contributed by atoms with van der Waals surface area (Å²) in [4.78, 5) is 23.1. The van der Waals surface area contributed by atoms with E-state index in [0.717, 1.165) is 0 Å². The van der Waals surface area contributed by atoms with Gasteiger partial charge in [-0.15, -0.1) is 0 Å². The predicted octanol–water partition coefficient (Wildman–Crippen LogP) is 3.55. The minimum absolute atomic E-state index is 0.0721. The quantitative estimate of drug-likeness (QED) is 0.754. The molecule has 0 saturated heterocycles. The molecular weight excluding hydrogens is 346 g/mol. The Morgan fingerprint density at radius 2 is 1.37 bits per heavy atom. The summed E-state index contributed by atoms with van der Waals surface area (Å²) in [6.07, 6.45) is 0. The molecule has 0 unspecified atom stereocenters. The first-order chi connectivity index (χ1) is 12.8. The number of nitrogens with one attached hydrogen (secondary N) is 1. The van der Waals surface area contributed by atoms with E-state index < -0.39 is 5.97 Å². The fraction of sp³-hybridized carbons (Fsp3) is 0.333. The van der Waals surface area contributed by atoms with Gasteiger partial charge in [-0.05, 0) is 47.4 Å². The molecule has 0 saturated carbocycles. The number of hydrogen-bond donors (Lipinski definition) is 1. The topological polar surface area (TPSA) is 73.9 Å². The molecular formula is C21H25NO5. The molecule has 0 radical (unpaired) electrons. The Bertz CT molecular complexity index is 761. The SMILES string of the molecule is COC(=O)COc1ccc(NC(=O)COc2ccc(C(C)(C)C)cc2)cc1. The number of ether oxygens (including phenoxy) is 3. The predicted molar refractivity (Wildman–Crippen MR) is 103 cm³/mol. The molecule has 0 aliphatic rings. The summed E-state index contributed by atoms with van der Waals surface area (Å²) >= 11 is 0. The Morgan fingerprint density at radius 1 is 0.852 bits per heavy atom. The van der Waals surface area contributed by atoms with E-state index in [0.29, 0.717) is 17.2 Å². The third kappa shape index (κ3) is 6.66. The first kappa shape index (κ1) is 20.3. The van der Waals surface area contributed by atoms with Crippen LogP contribution in [-0.2, 0) is 19.7 Å². The molecule has 1 amide bonds. The zero-order valence-electron chi connectivity index (χ0n) is 16.1. The monoisotopic (exact) mass is 371 g/mol. The molecule has 0 aliphatic carbocycles. The van der Waals surface area contributed by atoms with Crippen LogP contribution in [0.25, 0.3) is 0 Å². The summed E-state index contributed by atoms with van der Waals surface area (Å²) in [5, 5.41) is 2.74. The van der Waals surface area contributed by atoms with Gasteiger partial charge in [0.25, 0.3) is 5.91 Å². The van der Waals surface area contributed by atoms with Crippen LogP contribution in [0, 0.1) is 0 Å². The summed E-state index contributed by atoms with van der Waals surface area (Å²) < 4.78 is 15.3. The second kappa shape index (κ2) is 9.07. The van der Waals surface area contributed by atoms with Crippen molar-refractivity contribution in [2.75, 3.05) is 25.6 Å². The highest BCUT2D eigenvalue weighted by Crippen LogP contribution is 2.24. The normalized spacial score (nSPS) is 10.8. The summed E-state index contributed by atoms with van der Waals surface area (Å²) in [5.41, 5.74) is 1.88. The van der Waals surface area contributed by atoms with Crippen LogP contribution in [0.5, 0.6) is 11.5 Å². The fourth-order valence-corrected chi connectivity index (χ4v) is 2.23. The summed E-state index contributed by atoms with van der Waals surface area (Å²) in [7, 11) is 1.30. The van der Waals surface area contributed by atoms with Gasteiger partial charge in [-0.25, -0.2) is 4.79 Å². The van der Waals surface area contributed by atoms with Crippen LogP contribution in [0.4, 0.5) is 5.69 Å². The molecule has 2 aromatic rings. The van der Waals surface area contributed by atoms with Crippen LogP contribution in [0.1, 0.15) is 26.3 Å². The molecule has 144 valence electrons. The first-order valence-electron chi connectivity index (χ1n) is 8.61. The van der Waals surface area contributed by atoms with Gasteiger partial charge in [-0.1, -0.05) is 32.9 Å². The van der Waals surface area contributed by atoms with Gasteiger partial charge in [-0.3, -0.25) is 4.79 Å². The van der Waals surface area contributed by atoms with Gasteiger partial charge in [0.1, 0.15) is 11.5 Å². The zero-order valence-corrected chi connectivity index (χ0v) is 16.1. The summed E-state index contributed by atoms with van der Waals surface area (Å²) in [6.45, 7) is 6.17. The van der Waals surface area contributed by atoms with Crippen LogP contribution < -0.4 is 14.8 Å². The number of anilines is 1. The number of rotatable bonds is 7. The third-order valence-corrected chi connectivity index (χ3v) is 3.81. The average molecular weight is 371 g/mol. The standard InChI is InChI=1S/C21H25NO5/c1-21(2,3)15-5-9-17(10-6-15)26-13-19(23)22-16-7-11-18(12-8-16)27-14-20(24)25-4/h5-12H,13-14H2,1-4H3,(H,22,23). The Kier molecular flexibility index (Phi) is 6.82. The van der Waals surface area contributed by atoms with E-state index in [9.17, 15) is 9.59 Å². The van der Waals surface area contributed by atoms with Gasteiger partial charge in [0, 0.05) is 5.69 Å². The van der Waals surface area contributed by atoms with E-state index in [1.54, 1.807) is 24.3 Å². The van der Waals surface area contributed by atoms with E-state index in [1.807, 2.05) is 24.3 Å². The van der Waals surface area contributed by atoms with Gasteiger partial charge in [0.15, 0.2) is 13.2 Å². The van der Waals surface area contributed by atoms with Gasteiger partial charge in [0.2, 0.25) is 0 Å². The Labute approximate surface area is 159 Å². The third-order valence-electron chi connectivity index (χ3n) is 3.81.